The Balaban J connectivity index is 1.88. The molecule has 0 saturated heterocycles. The summed E-state index contributed by atoms with van der Waals surface area (Å²) in [6, 6.07) is 13.8. The van der Waals surface area contributed by atoms with E-state index < -0.39 is 0 Å². The molecular weight excluding hydrogens is 330 g/mol. The normalized spacial score (nSPS) is 12.0. The number of halogens is 1. The molecule has 1 unspecified atom stereocenters. The van der Waals surface area contributed by atoms with Crippen LogP contribution in [0.1, 0.15) is 24.1 Å². The average Bonchev–Trinajstić information content (AvgIpc) is 2.45. The molecule has 2 aromatic carbocycles. The Kier molecular flexibility index (Phi) is 5.65. The lowest BCUT2D eigenvalue weighted by molar-refractivity contribution is 0.215. The van der Waals surface area contributed by atoms with Gasteiger partial charge < -0.3 is 15.2 Å². The zero-order chi connectivity index (χ0) is 15.2. The summed E-state index contributed by atoms with van der Waals surface area (Å²) >= 11 is 3.39. The van der Waals surface area contributed by atoms with E-state index in [1.165, 1.54) is 0 Å². The highest BCUT2D eigenvalue weighted by Crippen LogP contribution is 2.25. The second kappa shape index (κ2) is 7.48. The summed E-state index contributed by atoms with van der Waals surface area (Å²) in [7, 11) is 0. The van der Waals surface area contributed by atoms with E-state index in [4.69, 9.17) is 15.2 Å². The molecule has 0 radical (unpaired) electrons. The van der Waals surface area contributed by atoms with E-state index in [0.29, 0.717) is 13.2 Å². The fraction of sp³-hybridized carbons (Fsp3) is 0.294. The van der Waals surface area contributed by atoms with Gasteiger partial charge in [0, 0.05) is 16.1 Å². The van der Waals surface area contributed by atoms with Gasteiger partial charge in [0.25, 0.3) is 0 Å². The monoisotopic (exact) mass is 349 g/mol. The molecule has 0 amide bonds. The molecule has 1 atom stereocenters. The average molecular weight is 350 g/mol. The standard InChI is InChI=1S/C17H20BrNO2/c1-12-3-8-16(13(2)19)17(11-12)21-10-9-20-15-6-4-14(18)5-7-15/h3-8,11,13H,9-10,19H2,1-2H3. The molecule has 0 saturated carbocycles. The number of benzene rings is 2. The van der Waals surface area contributed by atoms with Crippen LogP contribution in [0.15, 0.2) is 46.9 Å². The molecule has 2 N–H and O–H groups in total. The Morgan fingerprint density at radius 2 is 1.71 bits per heavy atom. The Labute approximate surface area is 134 Å². The Hall–Kier alpha value is -1.52. The van der Waals surface area contributed by atoms with E-state index in [1.54, 1.807) is 0 Å². The summed E-state index contributed by atoms with van der Waals surface area (Å²) in [4.78, 5) is 0. The molecule has 0 aliphatic rings. The highest BCUT2D eigenvalue weighted by molar-refractivity contribution is 9.10. The second-order valence-electron chi connectivity index (χ2n) is 4.98. The summed E-state index contributed by atoms with van der Waals surface area (Å²) in [5, 5.41) is 0. The van der Waals surface area contributed by atoms with E-state index >= 15 is 0 Å². The van der Waals surface area contributed by atoms with Gasteiger partial charge in [-0.25, -0.2) is 0 Å². The molecule has 0 aromatic heterocycles. The first kappa shape index (κ1) is 15.9. The maximum Gasteiger partial charge on any atom is 0.124 e. The molecular formula is C17H20BrNO2. The van der Waals surface area contributed by atoms with Crippen LogP contribution in [0, 0.1) is 6.92 Å². The molecule has 21 heavy (non-hydrogen) atoms. The van der Waals surface area contributed by atoms with Gasteiger partial charge in [0.2, 0.25) is 0 Å². The van der Waals surface area contributed by atoms with Crippen LogP contribution in [0.3, 0.4) is 0 Å². The first-order valence-corrected chi connectivity index (χ1v) is 7.73. The maximum atomic E-state index is 5.96. The first-order chi connectivity index (χ1) is 10.1. The Morgan fingerprint density at radius 1 is 1.05 bits per heavy atom. The highest BCUT2D eigenvalue weighted by atomic mass is 79.9. The van der Waals surface area contributed by atoms with Gasteiger partial charge in [0.1, 0.15) is 24.7 Å². The third kappa shape index (κ3) is 4.76. The van der Waals surface area contributed by atoms with E-state index in [-0.39, 0.29) is 6.04 Å². The highest BCUT2D eigenvalue weighted by Gasteiger charge is 2.08. The molecule has 0 aliphatic carbocycles. The van der Waals surface area contributed by atoms with Crippen molar-refractivity contribution in [3.63, 3.8) is 0 Å². The van der Waals surface area contributed by atoms with Crippen LogP contribution >= 0.6 is 15.9 Å². The quantitative estimate of drug-likeness (QED) is 0.793. The number of ether oxygens (including phenoxy) is 2. The number of hydrogen-bond donors (Lipinski definition) is 1. The van der Waals surface area contributed by atoms with Crippen LogP contribution in [-0.4, -0.2) is 13.2 Å². The van der Waals surface area contributed by atoms with Crippen molar-refractivity contribution in [2.75, 3.05) is 13.2 Å². The van der Waals surface area contributed by atoms with Gasteiger partial charge >= 0.3 is 0 Å². The summed E-state index contributed by atoms with van der Waals surface area (Å²) in [5.41, 5.74) is 8.13. The van der Waals surface area contributed by atoms with Crippen LogP contribution < -0.4 is 15.2 Å². The van der Waals surface area contributed by atoms with E-state index in [1.807, 2.05) is 56.3 Å². The predicted octanol–water partition coefficient (Wildman–Crippen LogP) is 4.24. The lowest BCUT2D eigenvalue weighted by Crippen LogP contribution is -2.12. The third-order valence-corrected chi connectivity index (χ3v) is 3.61. The van der Waals surface area contributed by atoms with Gasteiger partial charge in [-0.3, -0.25) is 0 Å². The van der Waals surface area contributed by atoms with Gasteiger partial charge in [-0.15, -0.1) is 0 Å². The van der Waals surface area contributed by atoms with Gasteiger partial charge in [0.05, 0.1) is 0 Å². The largest absolute Gasteiger partial charge is 0.490 e. The molecule has 0 bridgehead atoms. The minimum Gasteiger partial charge on any atom is -0.490 e. The van der Waals surface area contributed by atoms with Gasteiger partial charge in [-0.2, -0.15) is 0 Å². The number of rotatable bonds is 6. The summed E-state index contributed by atoms with van der Waals surface area (Å²) < 4.78 is 12.5. The zero-order valence-electron chi connectivity index (χ0n) is 12.3. The van der Waals surface area contributed by atoms with Gasteiger partial charge in [-0.1, -0.05) is 28.1 Å². The van der Waals surface area contributed by atoms with Crippen molar-refractivity contribution in [1.29, 1.82) is 0 Å². The second-order valence-corrected chi connectivity index (χ2v) is 5.90. The summed E-state index contributed by atoms with van der Waals surface area (Å²) in [5.74, 6) is 1.67. The van der Waals surface area contributed by atoms with Crippen molar-refractivity contribution in [3.05, 3.63) is 58.1 Å². The lowest BCUT2D eigenvalue weighted by Gasteiger charge is -2.15. The van der Waals surface area contributed by atoms with Crippen LogP contribution in [0.4, 0.5) is 0 Å². The Bertz CT molecular complexity index is 582. The van der Waals surface area contributed by atoms with Crippen molar-refractivity contribution in [1.82, 2.24) is 0 Å². The van der Waals surface area contributed by atoms with Crippen molar-refractivity contribution in [2.45, 2.75) is 19.9 Å². The smallest absolute Gasteiger partial charge is 0.124 e. The molecule has 4 heteroatoms. The van der Waals surface area contributed by atoms with Crippen LogP contribution in [0.2, 0.25) is 0 Å². The van der Waals surface area contributed by atoms with Gasteiger partial charge in [0.15, 0.2) is 0 Å². The van der Waals surface area contributed by atoms with Crippen LogP contribution in [0.25, 0.3) is 0 Å². The van der Waals surface area contributed by atoms with E-state index in [0.717, 1.165) is 27.1 Å². The molecule has 0 heterocycles. The molecule has 112 valence electrons. The third-order valence-electron chi connectivity index (χ3n) is 3.08. The number of hydrogen-bond acceptors (Lipinski definition) is 3. The minimum atomic E-state index is -0.0482. The molecule has 0 spiro atoms. The first-order valence-electron chi connectivity index (χ1n) is 6.93. The van der Waals surface area contributed by atoms with Gasteiger partial charge in [-0.05, 0) is 49.7 Å². The topological polar surface area (TPSA) is 44.5 Å². The maximum absolute atomic E-state index is 5.96. The number of aryl methyl sites for hydroxylation is 1. The predicted molar refractivity (Wildman–Crippen MR) is 88.9 cm³/mol. The zero-order valence-corrected chi connectivity index (χ0v) is 13.9. The number of nitrogens with two attached hydrogens (primary N) is 1. The lowest BCUT2D eigenvalue weighted by atomic mass is 10.1. The molecule has 0 fully saturated rings. The van der Waals surface area contributed by atoms with Crippen molar-refractivity contribution in [2.24, 2.45) is 5.73 Å². The molecule has 0 aliphatic heterocycles. The summed E-state index contributed by atoms with van der Waals surface area (Å²) in [6.07, 6.45) is 0. The SMILES string of the molecule is Cc1ccc(C(C)N)c(OCCOc2ccc(Br)cc2)c1. The van der Waals surface area contributed by atoms with Crippen LogP contribution in [-0.2, 0) is 0 Å². The molecule has 3 nitrogen and oxygen atoms in total. The van der Waals surface area contributed by atoms with Crippen molar-refractivity contribution in [3.8, 4) is 11.5 Å². The fourth-order valence-corrected chi connectivity index (χ4v) is 2.25. The van der Waals surface area contributed by atoms with E-state index in [2.05, 4.69) is 15.9 Å². The van der Waals surface area contributed by atoms with Crippen molar-refractivity contribution < 1.29 is 9.47 Å². The Morgan fingerprint density at radius 3 is 2.38 bits per heavy atom. The van der Waals surface area contributed by atoms with Crippen LogP contribution in [0.5, 0.6) is 11.5 Å². The molecule has 2 aromatic rings. The minimum absolute atomic E-state index is 0.0482. The molecule has 2 rings (SSSR count). The fourth-order valence-electron chi connectivity index (χ4n) is 1.98. The van der Waals surface area contributed by atoms with E-state index in [9.17, 15) is 0 Å². The summed E-state index contributed by atoms with van der Waals surface area (Å²) in [6.45, 7) is 4.97. The van der Waals surface area contributed by atoms with Crippen molar-refractivity contribution >= 4 is 15.9 Å².